The van der Waals surface area contributed by atoms with E-state index in [0.29, 0.717) is 29.7 Å². The standard InChI is InChI=1S/C28H38O6/c1-14-11-21(33-25(32)17(14)13-29)15(2)18-5-6-19-16-12-24-28(34-24)23(31)8-7-22(30)27(28,4)20(16)9-10-26(18,19)3/h7-8,15-16,18-21,23-24,29,31H,5-6,9-13H2,1-4H3/t15-,16-,18+,19-,20-,21+,23-,24+,26+,27-,28?/m0/s1. The van der Waals surface area contributed by atoms with Crippen molar-refractivity contribution in [1.82, 2.24) is 0 Å². The topological polar surface area (TPSA) is 96.4 Å². The summed E-state index contributed by atoms with van der Waals surface area (Å²) in [5, 5.41) is 20.4. The molecule has 1 spiro atoms. The molecule has 6 aliphatic rings. The van der Waals surface area contributed by atoms with Gasteiger partial charge in [0.25, 0.3) is 0 Å². The molecule has 6 nitrogen and oxygen atoms in total. The Kier molecular flexibility index (Phi) is 4.90. The fourth-order valence-corrected chi connectivity index (χ4v) is 9.69. The number of allylic oxidation sites excluding steroid dienone is 1. The highest BCUT2D eigenvalue weighted by molar-refractivity contribution is 5.98. The van der Waals surface area contributed by atoms with Gasteiger partial charge in [-0.05, 0) is 93.1 Å². The van der Waals surface area contributed by atoms with Gasteiger partial charge >= 0.3 is 5.97 Å². The molecule has 2 heterocycles. The van der Waals surface area contributed by atoms with Gasteiger partial charge in [-0.15, -0.1) is 0 Å². The van der Waals surface area contributed by atoms with Crippen molar-refractivity contribution in [3.05, 3.63) is 23.3 Å². The summed E-state index contributed by atoms with van der Waals surface area (Å²) < 4.78 is 12.1. The molecular weight excluding hydrogens is 432 g/mol. The lowest BCUT2D eigenvalue weighted by atomic mass is 9.44. The molecule has 0 aromatic carbocycles. The first-order valence-electron chi connectivity index (χ1n) is 13.2. The molecule has 2 N–H and O–H groups in total. The van der Waals surface area contributed by atoms with Crippen LogP contribution in [0, 0.1) is 40.4 Å². The number of hydrogen-bond donors (Lipinski definition) is 2. The number of carbonyl (C=O) groups is 2. The largest absolute Gasteiger partial charge is 0.458 e. The van der Waals surface area contributed by atoms with Crippen LogP contribution in [0.1, 0.15) is 66.2 Å². The van der Waals surface area contributed by atoms with Crippen molar-refractivity contribution >= 4 is 11.8 Å². The predicted octanol–water partition coefficient (Wildman–Crippen LogP) is 3.35. The number of esters is 1. The van der Waals surface area contributed by atoms with Gasteiger partial charge in [-0.25, -0.2) is 4.79 Å². The summed E-state index contributed by atoms with van der Waals surface area (Å²) in [5.74, 6) is 1.61. The Hall–Kier alpha value is -1.50. The van der Waals surface area contributed by atoms with Gasteiger partial charge in [0.05, 0.1) is 23.7 Å². The molecule has 34 heavy (non-hydrogen) atoms. The summed E-state index contributed by atoms with van der Waals surface area (Å²) in [5.41, 5.74) is 0.129. The number of hydrogen-bond acceptors (Lipinski definition) is 6. The minimum atomic E-state index is -0.719. The van der Waals surface area contributed by atoms with Crippen LogP contribution in [0.25, 0.3) is 0 Å². The average molecular weight is 471 g/mol. The van der Waals surface area contributed by atoms with Crippen LogP contribution in [0.5, 0.6) is 0 Å². The third kappa shape index (κ3) is 2.63. The fraction of sp³-hybridized carbons (Fsp3) is 0.786. The summed E-state index contributed by atoms with van der Waals surface area (Å²) in [6.07, 6.45) is 8.23. The molecule has 2 aliphatic heterocycles. The van der Waals surface area contributed by atoms with E-state index in [-0.39, 0.29) is 47.8 Å². The van der Waals surface area contributed by atoms with Crippen molar-refractivity contribution in [3.8, 4) is 0 Å². The Morgan fingerprint density at radius 1 is 1.18 bits per heavy atom. The van der Waals surface area contributed by atoms with Crippen LogP contribution in [0.4, 0.5) is 0 Å². The lowest BCUT2D eigenvalue weighted by Gasteiger charge is -2.58. The van der Waals surface area contributed by atoms with Crippen molar-refractivity contribution in [2.45, 2.75) is 90.1 Å². The molecule has 0 amide bonds. The van der Waals surface area contributed by atoms with Gasteiger partial charge in [0.1, 0.15) is 17.8 Å². The van der Waals surface area contributed by atoms with Gasteiger partial charge in [0, 0.05) is 6.42 Å². The van der Waals surface area contributed by atoms with Crippen LogP contribution in [0.15, 0.2) is 23.3 Å². The summed E-state index contributed by atoms with van der Waals surface area (Å²) in [6.45, 7) is 8.41. The van der Waals surface area contributed by atoms with Gasteiger partial charge < -0.3 is 19.7 Å². The van der Waals surface area contributed by atoms with E-state index < -0.39 is 17.1 Å². The Morgan fingerprint density at radius 3 is 2.65 bits per heavy atom. The number of carbonyl (C=O) groups excluding carboxylic acids is 2. The third-order valence-corrected chi connectivity index (χ3v) is 11.6. The third-order valence-electron chi connectivity index (χ3n) is 11.6. The Balaban J connectivity index is 1.27. The SMILES string of the molecule is CC1=C(CO)C(=O)O[C@@H]([C@@H](C)[C@H]2CC[C@H]3[C@@H]4C[C@H]5OC56[C@@H](O)C=CC(=O)[C@]6(C)[C@H]4CC[C@]23C)C1. The minimum absolute atomic E-state index is 0.0366. The van der Waals surface area contributed by atoms with Gasteiger partial charge in [0.15, 0.2) is 5.78 Å². The molecule has 0 radical (unpaired) electrons. The monoisotopic (exact) mass is 470 g/mol. The number of aliphatic hydroxyl groups excluding tert-OH is 2. The molecule has 4 fully saturated rings. The van der Waals surface area contributed by atoms with Gasteiger partial charge in [0.2, 0.25) is 0 Å². The quantitative estimate of drug-likeness (QED) is 0.485. The van der Waals surface area contributed by atoms with Gasteiger partial charge in [-0.2, -0.15) is 0 Å². The lowest BCUT2D eigenvalue weighted by Crippen LogP contribution is -2.63. The molecule has 6 rings (SSSR count). The second-order valence-corrected chi connectivity index (χ2v) is 12.5. The molecule has 0 bridgehead atoms. The normalized spacial score (nSPS) is 52.4. The first-order chi connectivity index (χ1) is 16.1. The number of ketones is 1. The van der Waals surface area contributed by atoms with E-state index in [1.807, 2.05) is 6.92 Å². The van der Waals surface area contributed by atoms with E-state index in [2.05, 4.69) is 20.8 Å². The maximum absolute atomic E-state index is 13.3. The summed E-state index contributed by atoms with van der Waals surface area (Å²) >= 11 is 0. The van der Waals surface area contributed by atoms with Crippen LogP contribution in [-0.2, 0) is 19.1 Å². The fourth-order valence-electron chi connectivity index (χ4n) is 9.69. The molecule has 0 aromatic rings. The van der Waals surface area contributed by atoms with Crippen molar-refractivity contribution < 1.29 is 29.3 Å². The average Bonchev–Trinajstić information content (AvgIpc) is 3.43. The van der Waals surface area contributed by atoms with Gasteiger partial charge in [-0.1, -0.05) is 19.4 Å². The number of ether oxygens (including phenoxy) is 2. The number of rotatable bonds is 3. The summed E-state index contributed by atoms with van der Waals surface area (Å²) in [6, 6.07) is 0. The van der Waals surface area contributed by atoms with E-state index in [0.717, 1.165) is 37.7 Å². The zero-order valence-electron chi connectivity index (χ0n) is 20.8. The van der Waals surface area contributed by atoms with E-state index in [1.165, 1.54) is 0 Å². The lowest BCUT2D eigenvalue weighted by molar-refractivity contribution is -0.155. The Morgan fingerprint density at radius 2 is 1.94 bits per heavy atom. The van der Waals surface area contributed by atoms with E-state index in [1.54, 1.807) is 12.2 Å². The Bertz CT molecular complexity index is 999. The maximum atomic E-state index is 13.3. The van der Waals surface area contributed by atoms with E-state index >= 15 is 0 Å². The van der Waals surface area contributed by atoms with Crippen LogP contribution in [0.3, 0.4) is 0 Å². The van der Waals surface area contributed by atoms with Crippen LogP contribution in [-0.4, -0.2) is 52.5 Å². The van der Waals surface area contributed by atoms with E-state index in [9.17, 15) is 19.8 Å². The molecule has 0 aromatic heterocycles. The Labute approximate surface area is 201 Å². The minimum Gasteiger partial charge on any atom is -0.458 e. The summed E-state index contributed by atoms with van der Waals surface area (Å²) in [7, 11) is 0. The zero-order chi connectivity index (χ0) is 24.2. The first-order valence-corrected chi connectivity index (χ1v) is 13.2. The number of fused-ring (bicyclic) bond motifs is 4. The molecule has 4 aliphatic carbocycles. The number of cyclic esters (lactones) is 1. The highest BCUT2D eigenvalue weighted by atomic mass is 16.6. The van der Waals surface area contributed by atoms with Crippen LogP contribution < -0.4 is 0 Å². The second-order valence-electron chi connectivity index (χ2n) is 12.5. The van der Waals surface area contributed by atoms with Crippen LogP contribution >= 0.6 is 0 Å². The van der Waals surface area contributed by atoms with Crippen LogP contribution in [0.2, 0.25) is 0 Å². The van der Waals surface area contributed by atoms with Crippen molar-refractivity contribution in [2.75, 3.05) is 6.61 Å². The zero-order valence-corrected chi connectivity index (χ0v) is 20.8. The highest BCUT2D eigenvalue weighted by Crippen LogP contribution is 2.73. The molecule has 186 valence electrons. The highest BCUT2D eigenvalue weighted by Gasteiger charge is 2.80. The predicted molar refractivity (Wildman–Crippen MR) is 124 cm³/mol. The molecule has 3 saturated carbocycles. The second kappa shape index (κ2) is 7.27. The molecule has 1 unspecified atom stereocenters. The van der Waals surface area contributed by atoms with Gasteiger partial charge in [-0.3, -0.25) is 4.79 Å². The molecule has 11 atom stereocenters. The van der Waals surface area contributed by atoms with E-state index in [4.69, 9.17) is 9.47 Å². The maximum Gasteiger partial charge on any atom is 0.336 e. The smallest absolute Gasteiger partial charge is 0.336 e. The molecular formula is C28H38O6. The van der Waals surface area contributed by atoms with Crippen molar-refractivity contribution in [2.24, 2.45) is 40.4 Å². The first kappa shape index (κ1) is 22.9. The summed E-state index contributed by atoms with van der Waals surface area (Å²) in [4.78, 5) is 25.8. The molecule has 1 saturated heterocycles. The van der Waals surface area contributed by atoms with Crippen molar-refractivity contribution in [1.29, 1.82) is 0 Å². The van der Waals surface area contributed by atoms with Crippen molar-refractivity contribution in [3.63, 3.8) is 0 Å². The number of epoxide rings is 1. The molecule has 6 heteroatoms. The number of aliphatic hydroxyl groups is 2.